The maximum absolute atomic E-state index is 11.6. The van der Waals surface area contributed by atoms with E-state index < -0.39 is 0 Å². The van der Waals surface area contributed by atoms with Crippen LogP contribution in [0.5, 0.6) is 0 Å². The average Bonchev–Trinajstić information content (AvgIpc) is 3.06. The van der Waals surface area contributed by atoms with Crippen LogP contribution in [0.1, 0.15) is 13.8 Å². The van der Waals surface area contributed by atoms with Gasteiger partial charge in [-0.05, 0) is 31.5 Å². The number of hydrogen-bond donors (Lipinski definition) is 1. The molecule has 0 bridgehead atoms. The normalized spacial score (nSPS) is 10.8. The Labute approximate surface area is 147 Å². The lowest BCUT2D eigenvalue weighted by atomic mass is 10.1. The molecule has 0 fully saturated rings. The van der Waals surface area contributed by atoms with Gasteiger partial charge in [0, 0.05) is 17.8 Å². The number of para-hydroxylation sites is 1. The zero-order valence-electron chi connectivity index (χ0n) is 14.5. The summed E-state index contributed by atoms with van der Waals surface area (Å²) in [5.74, 6) is 0.380. The van der Waals surface area contributed by atoms with Gasteiger partial charge in [0.25, 0.3) is 0 Å². The van der Waals surface area contributed by atoms with Gasteiger partial charge in [0.2, 0.25) is 5.91 Å². The van der Waals surface area contributed by atoms with Crippen LogP contribution in [0.4, 0.5) is 5.82 Å². The minimum Gasteiger partial charge on any atom is -0.368 e. The van der Waals surface area contributed by atoms with Crippen molar-refractivity contribution in [1.29, 1.82) is 0 Å². The van der Waals surface area contributed by atoms with Crippen LogP contribution in [0.25, 0.3) is 16.8 Å². The molecule has 1 amide bonds. The molecule has 3 rings (SSSR count). The Hall–Kier alpha value is -3.08. The maximum Gasteiger partial charge on any atom is 0.237 e. The molecule has 0 aliphatic carbocycles. The Kier molecular flexibility index (Phi) is 4.84. The number of hydrogen-bond acceptors (Lipinski definition) is 3. The van der Waals surface area contributed by atoms with E-state index in [9.17, 15) is 4.79 Å². The summed E-state index contributed by atoms with van der Waals surface area (Å²) in [6.45, 7) is 4.18. The van der Waals surface area contributed by atoms with Gasteiger partial charge in [-0.15, -0.1) is 5.10 Å². The number of rotatable bonds is 6. The number of carbonyl (C=O) groups excluding carboxylic acids is 1. The summed E-state index contributed by atoms with van der Waals surface area (Å²) < 4.78 is 1.84. The largest absolute Gasteiger partial charge is 0.368 e. The second-order valence-electron chi connectivity index (χ2n) is 6.20. The molecule has 0 atom stereocenters. The highest BCUT2D eigenvalue weighted by Gasteiger charge is 2.21. The quantitative estimate of drug-likeness (QED) is 0.753. The van der Waals surface area contributed by atoms with E-state index in [2.05, 4.69) is 0 Å². The van der Waals surface area contributed by atoms with Crippen LogP contribution in [0.2, 0.25) is 0 Å². The molecule has 5 heteroatoms. The maximum atomic E-state index is 11.6. The summed E-state index contributed by atoms with van der Waals surface area (Å²) >= 11 is 0. The second-order valence-corrected chi connectivity index (χ2v) is 6.20. The molecule has 0 aliphatic rings. The summed E-state index contributed by atoms with van der Waals surface area (Å²) in [6, 6.07) is 20.1. The Morgan fingerprint density at radius 1 is 1.08 bits per heavy atom. The van der Waals surface area contributed by atoms with Crippen molar-refractivity contribution in [2.45, 2.75) is 19.9 Å². The minimum absolute atomic E-state index is 0.0917. The van der Waals surface area contributed by atoms with Crippen LogP contribution in [-0.2, 0) is 4.79 Å². The van der Waals surface area contributed by atoms with Gasteiger partial charge in [0.15, 0.2) is 5.82 Å². The number of carbonyl (C=O) groups is 1. The fourth-order valence-electron chi connectivity index (χ4n) is 2.78. The third-order valence-corrected chi connectivity index (χ3v) is 4.02. The van der Waals surface area contributed by atoms with Gasteiger partial charge in [0.1, 0.15) is 0 Å². The van der Waals surface area contributed by atoms with Gasteiger partial charge in [-0.2, -0.15) is 0 Å². The second kappa shape index (κ2) is 7.21. The molecule has 0 unspecified atom stereocenters. The van der Waals surface area contributed by atoms with Gasteiger partial charge >= 0.3 is 0 Å². The summed E-state index contributed by atoms with van der Waals surface area (Å²) in [6.07, 6.45) is 2.00. The molecule has 0 aliphatic heterocycles. The first-order valence-electron chi connectivity index (χ1n) is 8.31. The van der Waals surface area contributed by atoms with Crippen LogP contribution in [0.3, 0.4) is 0 Å². The van der Waals surface area contributed by atoms with Crippen molar-refractivity contribution < 1.29 is 4.79 Å². The molecular weight excluding hydrogens is 312 g/mol. The predicted octanol–water partition coefficient (Wildman–Crippen LogP) is 3.24. The van der Waals surface area contributed by atoms with Gasteiger partial charge in [-0.3, -0.25) is 4.79 Å². The van der Waals surface area contributed by atoms with Crippen molar-refractivity contribution in [2.24, 2.45) is 5.73 Å². The standard InChI is InChI=1S/C20H22N4O/c1-15(2)23(14-19(21)25)20-18(16-9-5-3-6-10-16)13-24(22-20)17-11-7-4-8-12-17/h3-13,15H,14H2,1-2H3,(H2,21,25). The van der Waals surface area contributed by atoms with E-state index in [4.69, 9.17) is 10.8 Å². The molecule has 3 aromatic rings. The van der Waals surface area contributed by atoms with Crippen LogP contribution in [0.15, 0.2) is 66.9 Å². The van der Waals surface area contributed by atoms with Crippen molar-refractivity contribution in [3.8, 4) is 16.8 Å². The first-order valence-corrected chi connectivity index (χ1v) is 8.31. The first kappa shape index (κ1) is 16.8. The van der Waals surface area contributed by atoms with Crippen LogP contribution in [0, 0.1) is 0 Å². The molecule has 1 heterocycles. The van der Waals surface area contributed by atoms with E-state index in [1.807, 2.05) is 90.3 Å². The lowest BCUT2D eigenvalue weighted by Crippen LogP contribution is -2.39. The van der Waals surface area contributed by atoms with Crippen molar-refractivity contribution in [3.05, 3.63) is 66.9 Å². The summed E-state index contributed by atoms with van der Waals surface area (Å²) in [5, 5.41) is 4.77. The number of amides is 1. The molecule has 0 saturated carbocycles. The smallest absolute Gasteiger partial charge is 0.237 e. The van der Waals surface area contributed by atoms with Crippen molar-refractivity contribution in [3.63, 3.8) is 0 Å². The molecule has 1 aromatic heterocycles. The Morgan fingerprint density at radius 2 is 1.68 bits per heavy atom. The Morgan fingerprint density at radius 3 is 2.24 bits per heavy atom. The summed E-state index contributed by atoms with van der Waals surface area (Å²) in [4.78, 5) is 13.5. The SMILES string of the molecule is CC(C)N(CC(N)=O)c1nn(-c2ccccc2)cc1-c1ccccc1. The van der Waals surface area contributed by atoms with E-state index in [-0.39, 0.29) is 18.5 Å². The average molecular weight is 334 g/mol. The Bertz CT molecular complexity index is 841. The highest BCUT2D eigenvalue weighted by Crippen LogP contribution is 2.31. The molecule has 128 valence electrons. The summed E-state index contributed by atoms with van der Waals surface area (Å²) in [7, 11) is 0. The van der Waals surface area contributed by atoms with Gasteiger partial charge in [-0.25, -0.2) is 4.68 Å². The van der Waals surface area contributed by atoms with Gasteiger partial charge in [-0.1, -0.05) is 48.5 Å². The third-order valence-electron chi connectivity index (χ3n) is 4.02. The third kappa shape index (κ3) is 3.71. The monoisotopic (exact) mass is 334 g/mol. The zero-order chi connectivity index (χ0) is 17.8. The molecule has 0 saturated heterocycles. The molecular formula is C20H22N4O. The van der Waals surface area contributed by atoms with Crippen LogP contribution < -0.4 is 10.6 Å². The van der Waals surface area contributed by atoms with Gasteiger partial charge in [0.05, 0.1) is 12.2 Å². The lowest BCUT2D eigenvalue weighted by Gasteiger charge is -2.26. The number of anilines is 1. The van der Waals surface area contributed by atoms with E-state index >= 15 is 0 Å². The fraction of sp³-hybridized carbons (Fsp3) is 0.200. The molecule has 0 spiro atoms. The van der Waals surface area contributed by atoms with E-state index in [1.54, 1.807) is 0 Å². The highest BCUT2D eigenvalue weighted by molar-refractivity contribution is 5.83. The number of nitrogens with two attached hydrogens (primary N) is 1. The lowest BCUT2D eigenvalue weighted by molar-refractivity contribution is -0.116. The first-order chi connectivity index (χ1) is 12.1. The fourth-order valence-corrected chi connectivity index (χ4v) is 2.78. The van der Waals surface area contributed by atoms with Crippen molar-refractivity contribution >= 4 is 11.7 Å². The van der Waals surface area contributed by atoms with E-state index in [1.165, 1.54) is 0 Å². The number of primary amides is 1. The summed E-state index contributed by atoms with van der Waals surface area (Å²) in [5.41, 5.74) is 8.45. The van der Waals surface area contributed by atoms with E-state index in [0.717, 1.165) is 22.6 Å². The van der Waals surface area contributed by atoms with E-state index in [0.29, 0.717) is 0 Å². The van der Waals surface area contributed by atoms with Crippen molar-refractivity contribution in [1.82, 2.24) is 9.78 Å². The minimum atomic E-state index is -0.373. The van der Waals surface area contributed by atoms with Crippen LogP contribution in [-0.4, -0.2) is 28.3 Å². The molecule has 5 nitrogen and oxygen atoms in total. The highest BCUT2D eigenvalue weighted by atomic mass is 16.1. The Balaban J connectivity index is 2.14. The zero-order valence-corrected chi connectivity index (χ0v) is 14.5. The molecule has 2 aromatic carbocycles. The topological polar surface area (TPSA) is 64.2 Å². The molecule has 0 radical (unpaired) electrons. The van der Waals surface area contributed by atoms with Crippen molar-refractivity contribution in [2.75, 3.05) is 11.4 Å². The van der Waals surface area contributed by atoms with Crippen LogP contribution >= 0.6 is 0 Å². The molecule has 2 N–H and O–H groups in total. The number of benzene rings is 2. The van der Waals surface area contributed by atoms with Gasteiger partial charge < -0.3 is 10.6 Å². The predicted molar refractivity (Wildman–Crippen MR) is 101 cm³/mol. The number of aromatic nitrogens is 2. The number of nitrogens with zero attached hydrogens (tertiary/aromatic N) is 3. The molecule has 25 heavy (non-hydrogen) atoms.